The highest BCUT2D eigenvalue weighted by molar-refractivity contribution is 6.30. The average molecular weight is 419 g/mol. The Balaban J connectivity index is 1.30. The first kappa shape index (κ1) is 20.9. The minimum atomic E-state index is -0.621. The summed E-state index contributed by atoms with van der Waals surface area (Å²) in [7, 11) is 0. The van der Waals surface area contributed by atoms with Crippen molar-refractivity contribution in [3.05, 3.63) is 53.3 Å². The van der Waals surface area contributed by atoms with Crippen LogP contribution in [0.15, 0.2) is 42.7 Å². The number of carbonyl (C=O) groups excluding carboxylic acids is 2. The molecule has 2 aromatic rings. The minimum Gasteiger partial charge on any atom is -0.460 e. The van der Waals surface area contributed by atoms with E-state index in [2.05, 4.69) is 20.6 Å². The second kappa shape index (κ2) is 10.6. The van der Waals surface area contributed by atoms with E-state index in [1.165, 1.54) is 12.4 Å². The first-order valence-electron chi connectivity index (χ1n) is 9.46. The van der Waals surface area contributed by atoms with Crippen LogP contribution in [0.2, 0.25) is 5.02 Å². The fraction of sp³-hybridized carbons (Fsp3) is 0.400. The smallest absolute Gasteiger partial charge is 0.407 e. The molecule has 8 nitrogen and oxygen atoms in total. The lowest BCUT2D eigenvalue weighted by molar-refractivity contribution is -0.121. The standard InChI is InChI=1S/C20H23ClN4O4/c21-15-10-22-19(23-11-15)29-17-8-6-16(7-9-17)25-18(26)12-24-20(27)28-13-14-4-2-1-3-5-14/h1-5,10-11,16-17H,6-9,12-13H2,(H,24,27)(H,25,26). The Morgan fingerprint density at radius 2 is 1.76 bits per heavy atom. The third kappa shape index (κ3) is 7.23. The molecule has 29 heavy (non-hydrogen) atoms. The maximum atomic E-state index is 12.0. The van der Waals surface area contributed by atoms with Gasteiger partial charge in [-0.05, 0) is 31.2 Å². The number of rotatable bonds is 7. The van der Waals surface area contributed by atoms with Crippen LogP contribution < -0.4 is 15.4 Å². The van der Waals surface area contributed by atoms with E-state index in [1.807, 2.05) is 30.3 Å². The second-order valence-electron chi connectivity index (χ2n) is 6.76. The zero-order chi connectivity index (χ0) is 20.5. The fourth-order valence-corrected chi connectivity index (χ4v) is 3.14. The van der Waals surface area contributed by atoms with Crippen LogP contribution in [0.25, 0.3) is 0 Å². The Morgan fingerprint density at radius 3 is 2.45 bits per heavy atom. The van der Waals surface area contributed by atoms with Crippen LogP contribution in [0.1, 0.15) is 31.2 Å². The zero-order valence-electron chi connectivity index (χ0n) is 15.8. The monoisotopic (exact) mass is 418 g/mol. The lowest BCUT2D eigenvalue weighted by Gasteiger charge is -2.28. The van der Waals surface area contributed by atoms with E-state index in [0.29, 0.717) is 11.0 Å². The molecule has 9 heteroatoms. The van der Waals surface area contributed by atoms with Gasteiger partial charge in [-0.1, -0.05) is 41.9 Å². The quantitative estimate of drug-likeness (QED) is 0.716. The molecular formula is C20H23ClN4O4. The topological polar surface area (TPSA) is 102 Å². The molecule has 0 aliphatic heterocycles. The van der Waals surface area contributed by atoms with Gasteiger partial charge in [0.25, 0.3) is 0 Å². The molecule has 1 heterocycles. The summed E-state index contributed by atoms with van der Waals surface area (Å²) >= 11 is 5.76. The van der Waals surface area contributed by atoms with Crippen LogP contribution in [-0.4, -0.2) is 40.7 Å². The summed E-state index contributed by atoms with van der Waals surface area (Å²) in [6, 6.07) is 9.70. The highest BCUT2D eigenvalue weighted by atomic mass is 35.5. The van der Waals surface area contributed by atoms with Crippen LogP contribution >= 0.6 is 11.6 Å². The van der Waals surface area contributed by atoms with Gasteiger partial charge in [-0.3, -0.25) is 4.79 Å². The maximum Gasteiger partial charge on any atom is 0.407 e. The number of ether oxygens (including phenoxy) is 2. The summed E-state index contributed by atoms with van der Waals surface area (Å²) in [5.74, 6) is -0.243. The van der Waals surface area contributed by atoms with Gasteiger partial charge in [0.1, 0.15) is 19.3 Å². The SMILES string of the molecule is O=C(CNC(=O)OCc1ccccc1)NC1CCC(Oc2ncc(Cl)cn2)CC1. The van der Waals surface area contributed by atoms with E-state index < -0.39 is 6.09 Å². The van der Waals surface area contributed by atoms with Crippen molar-refractivity contribution in [1.29, 1.82) is 0 Å². The first-order chi connectivity index (χ1) is 14.1. The zero-order valence-corrected chi connectivity index (χ0v) is 16.6. The van der Waals surface area contributed by atoms with Gasteiger partial charge in [0.15, 0.2) is 0 Å². The molecule has 0 bridgehead atoms. The number of hydrogen-bond acceptors (Lipinski definition) is 6. The molecule has 1 aromatic carbocycles. The van der Waals surface area contributed by atoms with Crippen molar-refractivity contribution >= 4 is 23.6 Å². The van der Waals surface area contributed by atoms with Gasteiger partial charge in [-0.15, -0.1) is 0 Å². The molecule has 1 saturated carbocycles. The Morgan fingerprint density at radius 1 is 1.07 bits per heavy atom. The van der Waals surface area contributed by atoms with Crippen molar-refractivity contribution in [3.8, 4) is 6.01 Å². The number of carbonyl (C=O) groups is 2. The third-order valence-corrected chi connectivity index (χ3v) is 4.71. The van der Waals surface area contributed by atoms with Crippen LogP contribution in [0, 0.1) is 0 Å². The summed E-state index contributed by atoms with van der Waals surface area (Å²) in [6.45, 7) is 0.0400. The molecular weight excluding hydrogens is 396 g/mol. The van der Waals surface area contributed by atoms with E-state index >= 15 is 0 Å². The molecule has 1 aliphatic rings. The highest BCUT2D eigenvalue weighted by Gasteiger charge is 2.24. The van der Waals surface area contributed by atoms with Crippen molar-refractivity contribution in [2.24, 2.45) is 0 Å². The largest absolute Gasteiger partial charge is 0.460 e. The maximum absolute atomic E-state index is 12.0. The lowest BCUT2D eigenvalue weighted by atomic mass is 9.93. The van der Waals surface area contributed by atoms with Gasteiger partial charge in [0.2, 0.25) is 5.91 Å². The Labute approximate surface area is 174 Å². The molecule has 154 valence electrons. The molecule has 3 rings (SSSR count). The van der Waals surface area contributed by atoms with Crippen molar-refractivity contribution in [2.75, 3.05) is 6.54 Å². The Bertz CT molecular complexity index is 796. The van der Waals surface area contributed by atoms with Crippen LogP contribution in [-0.2, 0) is 16.1 Å². The van der Waals surface area contributed by atoms with E-state index in [1.54, 1.807) is 0 Å². The summed E-state index contributed by atoms with van der Waals surface area (Å²) in [6.07, 6.45) is 5.50. The molecule has 1 fully saturated rings. The number of halogens is 1. The van der Waals surface area contributed by atoms with Crippen LogP contribution in [0.5, 0.6) is 6.01 Å². The molecule has 0 atom stereocenters. The number of nitrogens with zero attached hydrogens (tertiary/aromatic N) is 2. The lowest BCUT2D eigenvalue weighted by Crippen LogP contribution is -2.44. The van der Waals surface area contributed by atoms with E-state index in [9.17, 15) is 9.59 Å². The molecule has 2 N–H and O–H groups in total. The van der Waals surface area contributed by atoms with Gasteiger partial charge in [-0.25, -0.2) is 14.8 Å². The van der Waals surface area contributed by atoms with Gasteiger partial charge >= 0.3 is 12.1 Å². The van der Waals surface area contributed by atoms with E-state index in [-0.39, 0.29) is 31.2 Å². The second-order valence-corrected chi connectivity index (χ2v) is 7.19. The fourth-order valence-electron chi connectivity index (χ4n) is 3.04. The van der Waals surface area contributed by atoms with Crippen molar-refractivity contribution < 1.29 is 19.1 Å². The van der Waals surface area contributed by atoms with E-state index in [4.69, 9.17) is 21.1 Å². The van der Waals surface area contributed by atoms with Crippen molar-refractivity contribution in [3.63, 3.8) is 0 Å². The van der Waals surface area contributed by atoms with Crippen LogP contribution in [0.3, 0.4) is 0 Å². The molecule has 0 radical (unpaired) electrons. The Kier molecular flexibility index (Phi) is 7.63. The summed E-state index contributed by atoms with van der Waals surface area (Å²) in [4.78, 5) is 31.8. The van der Waals surface area contributed by atoms with Gasteiger partial charge < -0.3 is 20.1 Å². The third-order valence-electron chi connectivity index (χ3n) is 4.51. The minimum absolute atomic E-state index is 0.00965. The van der Waals surface area contributed by atoms with Gasteiger partial charge in [0, 0.05) is 6.04 Å². The van der Waals surface area contributed by atoms with Crippen molar-refractivity contribution in [2.45, 2.75) is 44.4 Å². The molecule has 0 unspecified atom stereocenters. The summed E-state index contributed by atoms with van der Waals surface area (Å²) in [5.41, 5.74) is 0.884. The van der Waals surface area contributed by atoms with Gasteiger partial charge in [0.05, 0.1) is 17.4 Å². The molecule has 1 aliphatic carbocycles. The number of amides is 2. The normalized spacial score (nSPS) is 18.5. The number of nitrogens with one attached hydrogen (secondary N) is 2. The first-order valence-corrected chi connectivity index (χ1v) is 9.84. The molecule has 1 aromatic heterocycles. The Hall–Kier alpha value is -2.87. The molecule has 0 saturated heterocycles. The summed E-state index contributed by atoms with van der Waals surface area (Å²) in [5, 5.41) is 5.85. The van der Waals surface area contributed by atoms with Crippen molar-refractivity contribution in [1.82, 2.24) is 20.6 Å². The molecule has 2 amide bonds. The highest BCUT2D eigenvalue weighted by Crippen LogP contribution is 2.22. The van der Waals surface area contributed by atoms with Crippen LogP contribution in [0.4, 0.5) is 4.79 Å². The number of alkyl carbamates (subject to hydrolysis) is 1. The number of benzene rings is 1. The predicted octanol–water partition coefficient (Wildman–Crippen LogP) is 2.86. The summed E-state index contributed by atoms with van der Waals surface area (Å²) < 4.78 is 10.8. The number of aromatic nitrogens is 2. The van der Waals surface area contributed by atoms with E-state index in [0.717, 1.165) is 31.2 Å². The van der Waals surface area contributed by atoms with Gasteiger partial charge in [-0.2, -0.15) is 0 Å². The average Bonchev–Trinajstić information content (AvgIpc) is 2.74. The predicted molar refractivity (Wildman–Crippen MR) is 106 cm³/mol. The molecule has 0 spiro atoms. The number of hydrogen-bond donors (Lipinski definition) is 2.